The van der Waals surface area contributed by atoms with Crippen molar-refractivity contribution in [1.82, 2.24) is 15.3 Å². The maximum Gasteiger partial charge on any atom is 0.271 e. The van der Waals surface area contributed by atoms with E-state index < -0.39 is 0 Å². The van der Waals surface area contributed by atoms with Gasteiger partial charge in [0.25, 0.3) is 5.91 Å². The molecule has 0 aliphatic carbocycles. The summed E-state index contributed by atoms with van der Waals surface area (Å²) in [5, 5.41) is 2.90. The van der Waals surface area contributed by atoms with Crippen LogP contribution in [-0.2, 0) is 6.42 Å². The van der Waals surface area contributed by atoms with Gasteiger partial charge in [-0.3, -0.25) is 9.78 Å². The van der Waals surface area contributed by atoms with Crippen LogP contribution < -0.4 is 10.1 Å². The van der Waals surface area contributed by atoms with E-state index in [0.29, 0.717) is 18.8 Å². The fourth-order valence-electron chi connectivity index (χ4n) is 2.36. The van der Waals surface area contributed by atoms with Gasteiger partial charge in [0.05, 0.1) is 18.5 Å². The molecule has 1 aliphatic heterocycles. The quantitative estimate of drug-likeness (QED) is 0.932. The average molecular weight is 283 g/mol. The van der Waals surface area contributed by atoms with Crippen LogP contribution in [0.4, 0.5) is 0 Å². The molecule has 0 fully saturated rings. The van der Waals surface area contributed by atoms with Crippen molar-refractivity contribution >= 4 is 5.91 Å². The van der Waals surface area contributed by atoms with Gasteiger partial charge in [-0.05, 0) is 25.0 Å². The summed E-state index contributed by atoms with van der Waals surface area (Å²) in [6.07, 6.45) is 4.00. The molecule has 1 aromatic heterocycles. The number of carbonyl (C=O) groups is 1. The van der Waals surface area contributed by atoms with Crippen LogP contribution in [0.2, 0.25) is 0 Å². The van der Waals surface area contributed by atoms with Crippen LogP contribution in [0, 0.1) is 12.8 Å². The molecule has 2 aromatic rings. The molecule has 21 heavy (non-hydrogen) atoms. The number of benzene rings is 1. The van der Waals surface area contributed by atoms with E-state index >= 15 is 0 Å². The number of hydrogen-bond acceptors (Lipinski definition) is 4. The van der Waals surface area contributed by atoms with Gasteiger partial charge in [0.15, 0.2) is 0 Å². The van der Waals surface area contributed by atoms with E-state index in [1.807, 2.05) is 25.1 Å². The largest absolute Gasteiger partial charge is 0.493 e. The molecule has 1 unspecified atom stereocenters. The van der Waals surface area contributed by atoms with Gasteiger partial charge in [-0.1, -0.05) is 18.2 Å². The zero-order valence-corrected chi connectivity index (χ0v) is 11.9. The number of fused-ring (bicyclic) bond motifs is 1. The minimum Gasteiger partial charge on any atom is -0.493 e. The van der Waals surface area contributed by atoms with Gasteiger partial charge in [-0.25, -0.2) is 4.98 Å². The van der Waals surface area contributed by atoms with E-state index in [4.69, 9.17) is 4.74 Å². The summed E-state index contributed by atoms with van der Waals surface area (Å²) in [6, 6.07) is 8.02. The maximum absolute atomic E-state index is 12.0. The predicted molar refractivity (Wildman–Crippen MR) is 78.2 cm³/mol. The number of nitrogens with zero attached hydrogens (tertiary/aromatic N) is 2. The molecular formula is C16H17N3O2. The summed E-state index contributed by atoms with van der Waals surface area (Å²) in [4.78, 5) is 20.1. The Morgan fingerprint density at radius 2 is 2.19 bits per heavy atom. The summed E-state index contributed by atoms with van der Waals surface area (Å²) in [5.41, 5.74) is 2.33. The second kappa shape index (κ2) is 5.91. The number of para-hydroxylation sites is 1. The van der Waals surface area contributed by atoms with Gasteiger partial charge in [-0.2, -0.15) is 0 Å². The van der Waals surface area contributed by atoms with E-state index in [1.165, 1.54) is 11.8 Å². The Morgan fingerprint density at radius 1 is 1.33 bits per heavy atom. The first-order valence-electron chi connectivity index (χ1n) is 7.00. The summed E-state index contributed by atoms with van der Waals surface area (Å²) in [5.74, 6) is 1.04. The number of carbonyl (C=O) groups excluding carboxylic acids is 1. The number of ether oxygens (including phenoxy) is 1. The molecule has 1 N–H and O–H groups in total. The number of aryl methyl sites for hydroxylation is 1. The molecular weight excluding hydrogens is 266 g/mol. The van der Waals surface area contributed by atoms with Crippen LogP contribution in [0.15, 0.2) is 36.7 Å². The molecule has 1 atom stereocenters. The SMILES string of the molecule is Cc1cnc(C(=O)NCC2COc3ccccc3C2)cn1. The van der Waals surface area contributed by atoms with Crippen LogP contribution in [0.25, 0.3) is 0 Å². The molecule has 5 heteroatoms. The highest BCUT2D eigenvalue weighted by Crippen LogP contribution is 2.26. The van der Waals surface area contributed by atoms with Crippen LogP contribution in [0.5, 0.6) is 5.75 Å². The van der Waals surface area contributed by atoms with Crippen molar-refractivity contribution in [3.05, 3.63) is 53.6 Å². The number of rotatable bonds is 3. The third kappa shape index (κ3) is 3.18. The fraction of sp³-hybridized carbons (Fsp3) is 0.312. The Hall–Kier alpha value is -2.43. The van der Waals surface area contributed by atoms with Crippen molar-refractivity contribution < 1.29 is 9.53 Å². The normalized spacial score (nSPS) is 16.7. The lowest BCUT2D eigenvalue weighted by Gasteiger charge is -2.25. The van der Waals surface area contributed by atoms with Gasteiger partial charge in [0.2, 0.25) is 0 Å². The van der Waals surface area contributed by atoms with Gasteiger partial charge < -0.3 is 10.1 Å². The lowest BCUT2D eigenvalue weighted by Crippen LogP contribution is -2.35. The Labute approximate surface area is 123 Å². The van der Waals surface area contributed by atoms with Crippen molar-refractivity contribution in [2.75, 3.05) is 13.2 Å². The highest BCUT2D eigenvalue weighted by molar-refractivity contribution is 5.91. The average Bonchev–Trinajstić information content (AvgIpc) is 2.53. The lowest BCUT2D eigenvalue weighted by molar-refractivity contribution is 0.0933. The molecule has 1 aliphatic rings. The van der Waals surface area contributed by atoms with Crippen LogP contribution in [0.3, 0.4) is 0 Å². The molecule has 108 valence electrons. The second-order valence-corrected chi connectivity index (χ2v) is 5.24. The van der Waals surface area contributed by atoms with E-state index in [1.54, 1.807) is 6.20 Å². The second-order valence-electron chi connectivity index (χ2n) is 5.24. The monoisotopic (exact) mass is 283 g/mol. The Balaban J connectivity index is 1.56. The minimum absolute atomic E-state index is 0.193. The minimum atomic E-state index is -0.193. The molecule has 2 heterocycles. The van der Waals surface area contributed by atoms with E-state index in [-0.39, 0.29) is 11.8 Å². The summed E-state index contributed by atoms with van der Waals surface area (Å²) in [6.45, 7) is 3.03. The van der Waals surface area contributed by atoms with Crippen LogP contribution in [0.1, 0.15) is 21.7 Å². The lowest BCUT2D eigenvalue weighted by atomic mass is 9.97. The molecule has 0 spiro atoms. The summed E-state index contributed by atoms with van der Waals surface area (Å²) >= 11 is 0. The standard InChI is InChI=1S/C16H17N3O2/c1-11-7-18-14(9-17-11)16(20)19-8-12-6-13-4-2-3-5-15(13)21-10-12/h2-5,7,9,12H,6,8,10H2,1H3,(H,19,20). The Kier molecular flexibility index (Phi) is 3.81. The first-order valence-corrected chi connectivity index (χ1v) is 7.00. The topological polar surface area (TPSA) is 64.1 Å². The van der Waals surface area contributed by atoms with Crippen molar-refractivity contribution in [3.8, 4) is 5.75 Å². The number of aromatic nitrogens is 2. The van der Waals surface area contributed by atoms with Gasteiger partial charge in [-0.15, -0.1) is 0 Å². The van der Waals surface area contributed by atoms with Crippen molar-refractivity contribution in [3.63, 3.8) is 0 Å². The van der Waals surface area contributed by atoms with E-state index in [0.717, 1.165) is 17.9 Å². The molecule has 1 aromatic carbocycles. The van der Waals surface area contributed by atoms with E-state index in [9.17, 15) is 4.79 Å². The third-order valence-corrected chi connectivity index (χ3v) is 3.52. The summed E-state index contributed by atoms with van der Waals surface area (Å²) in [7, 11) is 0. The summed E-state index contributed by atoms with van der Waals surface area (Å²) < 4.78 is 5.71. The van der Waals surface area contributed by atoms with Gasteiger partial charge in [0, 0.05) is 18.7 Å². The Bertz CT molecular complexity index is 640. The molecule has 0 radical (unpaired) electrons. The number of nitrogens with one attached hydrogen (secondary N) is 1. The maximum atomic E-state index is 12.0. The molecule has 1 amide bonds. The third-order valence-electron chi connectivity index (χ3n) is 3.52. The first kappa shape index (κ1) is 13.5. The first-order chi connectivity index (χ1) is 10.2. The smallest absolute Gasteiger partial charge is 0.271 e. The van der Waals surface area contributed by atoms with Gasteiger partial charge in [0.1, 0.15) is 11.4 Å². The molecule has 0 bridgehead atoms. The van der Waals surface area contributed by atoms with Crippen molar-refractivity contribution in [1.29, 1.82) is 0 Å². The zero-order chi connectivity index (χ0) is 14.7. The molecule has 3 rings (SSSR count). The van der Waals surface area contributed by atoms with Crippen molar-refractivity contribution in [2.45, 2.75) is 13.3 Å². The van der Waals surface area contributed by atoms with E-state index in [2.05, 4.69) is 21.4 Å². The van der Waals surface area contributed by atoms with Gasteiger partial charge >= 0.3 is 0 Å². The predicted octanol–water partition coefficient (Wildman–Crippen LogP) is 1.77. The highest BCUT2D eigenvalue weighted by atomic mass is 16.5. The molecule has 5 nitrogen and oxygen atoms in total. The van der Waals surface area contributed by atoms with Crippen LogP contribution in [-0.4, -0.2) is 29.0 Å². The number of hydrogen-bond donors (Lipinski definition) is 1. The highest BCUT2D eigenvalue weighted by Gasteiger charge is 2.20. The molecule has 0 saturated heterocycles. The van der Waals surface area contributed by atoms with Crippen molar-refractivity contribution in [2.24, 2.45) is 5.92 Å². The fourth-order valence-corrected chi connectivity index (χ4v) is 2.36. The van der Waals surface area contributed by atoms with Crippen LogP contribution >= 0.6 is 0 Å². The number of amides is 1. The zero-order valence-electron chi connectivity index (χ0n) is 11.9. The Morgan fingerprint density at radius 3 is 3.00 bits per heavy atom. The molecule has 0 saturated carbocycles.